The molecule has 0 amide bonds. The van der Waals surface area contributed by atoms with Crippen LogP contribution < -0.4 is 0 Å². The number of hydrogen-bond donors (Lipinski definition) is 0. The second-order valence-electron chi connectivity index (χ2n) is 4.10. The molecule has 0 unspecified atom stereocenters. The van der Waals surface area contributed by atoms with Crippen LogP contribution in [0.1, 0.15) is 18.9 Å². The SMILES string of the molecule is CC(=O)O[C@H]1C=C[C@@H](OCc2ccccc2)C1. The van der Waals surface area contributed by atoms with Gasteiger partial charge in [0.2, 0.25) is 0 Å². The molecule has 0 aromatic heterocycles. The van der Waals surface area contributed by atoms with Gasteiger partial charge >= 0.3 is 5.97 Å². The van der Waals surface area contributed by atoms with Gasteiger partial charge < -0.3 is 9.47 Å². The maximum atomic E-state index is 10.8. The van der Waals surface area contributed by atoms with E-state index in [0.29, 0.717) is 13.0 Å². The first kappa shape index (κ1) is 11.9. The van der Waals surface area contributed by atoms with Crippen LogP contribution in [0.5, 0.6) is 0 Å². The van der Waals surface area contributed by atoms with E-state index in [1.807, 2.05) is 42.5 Å². The van der Waals surface area contributed by atoms with E-state index in [0.717, 1.165) is 5.56 Å². The Morgan fingerprint density at radius 3 is 2.65 bits per heavy atom. The lowest BCUT2D eigenvalue weighted by Gasteiger charge is -2.13. The van der Waals surface area contributed by atoms with Crippen molar-refractivity contribution in [2.45, 2.75) is 32.2 Å². The van der Waals surface area contributed by atoms with Gasteiger partial charge in [-0.15, -0.1) is 0 Å². The maximum Gasteiger partial charge on any atom is 0.303 e. The zero-order valence-electron chi connectivity index (χ0n) is 9.84. The highest BCUT2D eigenvalue weighted by Gasteiger charge is 2.21. The van der Waals surface area contributed by atoms with Crippen molar-refractivity contribution in [3.05, 3.63) is 48.0 Å². The minimum Gasteiger partial charge on any atom is -0.458 e. The van der Waals surface area contributed by atoms with E-state index in [1.54, 1.807) is 0 Å². The van der Waals surface area contributed by atoms with Crippen LogP contribution >= 0.6 is 0 Å². The van der Waals surface area contributed by atoms with Gasteiger partial charge in [-0.3, -0.25) is 4.79 Å². The first-order chi connectivity index (χ1) is 8.24. The summed E-state index contributed by atoms with van der Waals surface area (Å²) in [5, 5.41) is 0. The zero-order valence-corrected chi connectivity index (χ0v) is 9.84. The molecule has 2 atom stereocenters. The van der Waals surface area contributed by atoms with Crippen molar-refractivity contribution in [3.63, 3.8) is 0 Å². The third kappa shape index (κ3) is 3.71. The van der Waals surface area contributed by atoms with Crippen LogP contribution in [0.3, 0.4) is 0 Å². The Kier molecular flexibility index (Phi) is 3.94. The van der Waals surface area contributed by atoms with Gasteiger partial charge in [0.1, 0.15) is 6.10 Å². The normalized spacial score (nSPS) is 22.6. The van der Waals surface area contributed by atoms with Crippen LogP contribution in [0.4, 0.5) is 0 Å². The fraction of sp³-hybridized carbons (Fsp3) is 0.357. The smallest absolute Gasteiger partial charge is 0.303 e. The van der Waals surface area contributed by atoms with E-state index < -0.39 is 0 Å². The fourth-order valence-corrected chi connectivity index (χ4v) is 1.84. The van der Waals surface area contributed by atoms with E-state index >= 15 is 0 Å². The standard InChI is InChI=1S/C14H16O3/c1-11(15)17-14-8-7-13(9-14)16-10-12-5-3-2-4-6-12/h2-8,13-14H,9-10H2,1H3/t13-,14+/m1/s1. The Morgan fingerprint density at radius 1 is 1.24 bits per heavy atom. The predicted molar refractivity (Wildman–Crippen MR) is 64.3 cm³/mol. The van der Waals surface area contributed by atoms with Crippen LogP contribution in [0.25, 0.3) is 0 Å². The van der Waals surface area contributed by atoms with Gasteiger partial charge in [-0.1, -0.05) is 36.4 Å². The van der Waals surface area contributed by atoms with Crippen LogP contribution in [-0.2, 0) is 20.9 Å². The quantitative estimate of drug-likeness (QED) is 0.591. The van der Waals surface area contributed by atoms with E-state index in [-0.39, 0.29) is 18.2 Å². The zero-order chi connectivity index (χ0) is 12.1. The first-order valence-electron chi connectivity index (χ1n) is 5.75. The van der Waals surface area contributed by atoms with Crippen LogP contribution in [0.15, 0.2) is 42.5 Å². The molecule has 1 aliphatic rings. The molecule has 0 heterocycles. The lowest BCUT2D eigenvalue weighted by molar-refractivity contribution is -0.144. The third-order valence-electron chi connectivity index (χ3n) is 2.63. The molecule has 17 heavy (non-hydrogen) atoms. The summed E-state index contributed by atoms with van der Waals surface area (Å²) < 4.78 is 10.8. The Labute approximate surface area is 101 Å². The van der Waals surface area contributed by atoms with Crippen molar-refractivity contribution < 1.29 is 14.3 Å². The average Bonchev–Trinajstić information content (AvgIpc) is 2.75. The predicted octanol–water partition coefficient (Wildman–Crippen LogP) is 2.46. The van der Waals surface area contributed by atoms with Crippen LogP contribution in [0, 0.1) is 0 Å². The Bertz CT molecular complexity index is 397. The minimum absolute atomic E-state index is 0.0413. The molecule has 1 aromatic rings. The van der Waals surface area contributed by atoms with Gasteiger partial charge in [-0.2, -0.15) is 0 Å². The van der Waals surface area contributed by atoms with Crippen molar-refractivity contribution >= 4 is 5.97 Å². The summed E-state index contributed by atoms with van der Waals surface area (Å²) in [6.07, 6.45) is 4.47. The molecule has 0 saturated heterocycles. The average molecular weight is 232 g/mol. The van der Waals surface area contributed by atoms with Gasteiger partial charge in [-0.05, 0) is 11.6 Å². The van der Waals surface area contributed by atoms with Gasteiger partial charge in [0.25, 0.3) is 0 Å². The van der Waals surface area contributed by atoms with Crippen LogP contribution in [0.2, 0.25) is 0 Å². The Hall–Kier alpha value is -1.61. The summed E-state index contributed by atoms with van der Waals surface area (Å²) in [7, 11) is 0. The molecule has 3 heteroatoms. The second-order valence-corrected chi connectivity index (χ2v) is 4.10. The summed E-state index contributed by atoms with van der Waals surface area (Å²) in [6, 6.07) is 10.0. The second kappa shape index (κ2) is 5.64. The molecule has 3 nitrogen and oxygen atoms in total. The molecule has 0 N–H and O–H groups in total. The molecular formula is C14H16O3. The summed E-state index contributed by atoms with van der Waals surface area (Å²) in [4.78, 5) is 10.8. The highest BCUT2D eigenvalue weighted by molar-refractivity contribution is 5.66. The Balaban J connectivity index is 1.76. The minimum atomic E-state index is -0.247. The lowest BCUT2D eigenvalue weighted by atomic mass is 10.2. The van der Waals surface area contributed by atoms with E-state index in [9.17, 15) is 4.79 Å². The van der Waals surface area contributed by atoms with Gasteiger partial charge in [0.15, 0.2) is 0 Å². The fourth-order valence-electron chi connectivity index (χ4n) is 1.84. The number of ether oxygens (including phenoxy) is 2. The third-order valence-corrected chi connectivity index (χ3v) is 2.63. The van der Waals surface area contributed by atoms with Crippen LogP contribution in [-0.4, -0.2) is 18.2 Å². The number of carbonyl (C=O) groups excluding carboxylic acids is 1. The number of rotatable bonds is 4. The number of hydrogen-bond acceptors (Lipinski definition) is 3. The molecule has 1 aliphatic carbocycles. The monoisotopic (exact) mass is 232 g/mol. The van der Waals surface area contributed by atoms with Crippen molar-refractivity contribution in [3.8, 4) is 0 Å². The van der Waals surface area contributed by atoms with Gasteiger partial charge in [0, 0.05) is 13.3 Å². The molecule has 0 radical (unpaired) electrons. The highest BCUT2D eigenvalue weighted by atomic mass is 16.5. The maximum absolute atomic E-state index is 10.8. The van der Waals surface area contributed by atoms with E-state index in [4.69, 9.17) is 9.47 Å². The van der Waals surface area contributed by atoms with Gasteiger partial charge in [0.05, 0.1) is 12.7 Å². The van der Waals surface area contributed by atoms with E-state index in [1.165, 1.54) is 6.92 Å². The summed E-state index contributed by atoms with van der Waals surface area (Å²) >= 11 is 0. The lowest BCUT2D eigenvalue weighted by Crippen LogP contribution is -2.16. The molecule has 0 fully saturated rings. The van der Waals surface area contributed by atoms with Crippen molar-refractivity contribution in [1.29, 1.82) is 0 Å². The molecule has 0 spiro atoms. The topological polar surface area (TPSA) is 35.5 Å². The molecule has 1 aromatic carbocycles. The largest absolute Gasteiger partial charge is 0.458 e. The summed E-state index contributed by atoms with van der Waals surface area (Å²) in [5.74, 6) is -0.247. The van der Waals surface area contributed by atoms with Gasteiger partial charge in [-0.25, -0.2) is 0 Å². The Morgan fingerprint density at radius 2 is 1.94 bits per heavy atom. The van der Waals surface area contributed by atoms with Crippen molar-refractivity contribution in [2.24, 2.45) is 0 Å². The summed E-state index contributed by atoms with van der Waals surface area (Å²) in [5.41, 5.74) is 1.15. The molecule has 0 aliphatic heterocycles. The molecule has 90 valence electrons. The first-order valence-corrected chi connectivity index (χ1v) is 5.75. The molecule has 0 bridgehead atoms. The van der Waals surface area contributed by atoms with E-state index in [2.05, 4.69) is 0 Å². The molecular weight excluding hydrogens is 216 g/mol. The molecule has 2 rings (SSSR count). The summed E-state index contributed by atoms with van der Waals surface area (Å²) in [6.45, 7) is 2.01. The number of benzene rings is 1. The highest BCUT2D eigenvalue weighted by Crippen LogP contribution is 2.18. The number of esters is 1. The van der Waals surface area contributed by atoms with Crippen molar-refractivity contribution in [2.75, 3.05) is 0 Å². The number of carbonyl (C=O) groups is 1. The molecule has 0 saturated carbocycles. The van der Waals surface area contributed by atoms with Crippen molar-refractivity contribution in [1.82, 2.24) is 0 Å².